The van der Waals surface area contributed by atoms with Crippen molar-refractivity contribution in [2.45, 2.75) is 41.3 Å². The molecule has 2 saturated carbocycles. The Kier molecular flexibility index (Phi) is 4.22. The minimum Gasteiger partial charge on any atom is -0.496 e. The highest BCUT2D eigenvalue weighted by atomic mass is 16.6. The Labute approximate surface area is 180 Å². The molecular formula is C22H20O10. The van der Waals surface area contributed by atoms with Gasteiger partial charge in [-0.2, -0.15) is 0 Å². The molecule has 1 aromatic heterocycles. The molecule has 1 unspecified atom stereocenters. The van der Waals surface area contributed by atoms with Gasteiger partial charge in [-0.15, -0.1) is 0 Å². The molecule has 1 saturated heterocycles. The second-order valence-corrected chi connectivity index (χ2v) is 8.49. The number of aliphatic hydroxyl groups is 4. The molecule has 3 bridgehead atoms. The van der Waals surface area contributed by atoms with Crippen LogP contribution in [0.5, 0.6) is 5.75 Å². The topological polar surface area (TPSA) is 164 Å². The van der Waals surface area contributed by atoms with E-state index in [4.69, 9.17) is 13.9 Å². The molecule has 0 amide bonds. The summed E-state index contributed by atoms with van der Waals surface area (Å²) < 4.78 is 15.4. The van der Waals surface area contributed by atoms with Crippen molar-refractivity contribution in [3.8, 4) is 5.75 Å². The van der Waals surface area contributed by atoms with Gasteiger partial charge in [0.15, 0.2) is 5.78 Å². The molecule has 10 heteroatoms. The third-order valence-electron chi connectivity index (χ3n) is 6.99. The smallest absolute Gasteiger partial charge is 0.342 e. The van der Waals surface area contributed by atoms with Gasteiger partial charge in [0.05, 0.1) is 25.0 Å². The Morgan fingerprint density at radius 3 is 2.47 bits per heavy atom. The number of hydrogen-bond acceptors (Lipinski definition) is 10. The molecule has 168 valence electrons. The van der Waals surface area contributed by atoms with Crippen LogP contribution >= 0.6 is 0 Å². The molecule has 3 fully saturated rings. The predicted molar refractivity (Wildman–Crippen MR) is 104 cm³/mol. The number of hydrogen-bond donors (Lipinski definition) is 4. The molecular weight excluding hydrogens is 424 g/mol. The Bertz CT molecular complexity index is 1170. The lowest BCUT2D eigenvalue weighted by atomic mass is 9.65. The van der Waals surface area contributed by atoms with Crippen LogP contribution in [0.1, 0.15) is 28.5 Å². The molecule has 2 heterocycles. The summed E-state index contributed by atoms with van der Waals surface area (Å²) in [4.78, 5) is 38.5. The summed E-state index contributed by atoms with van der Waals surface area (Å²) in [6, 6.07) is 9.75. The molecule has 2 aromatic rings. The number of esters is 1. The van der Waals surface area contributed by atoms with Crippen molar-refractivity contribution < 1.29 is 43.9 Å². The average Bonchev–Trinajstić information content (AvgIpc) is 2.87. The van der Waals surface area contributed by atoms with Gasteiger partial charge < -0.3 is 34.3 Å². The van der Waals surface area contributed by atoms with Gasteiger partial charge in [-0.1, -0.05) is 30.3 Å². The van der Waals surface area contributed by atoms with Gasteiger partial charge in [-0.05, 0) is 0 Å². The van der Waals surface area contributed by atoms with Crippen LogP contribution < -0.4 is 10.4 Å². The Balaban J connectivity index is 1.80. The number of aliphatic hydroxyl groups excluding tert-OH is 1. The highest BCUT2D eigenvalue weighted by Crippen LogP contribution is 2.67. The molecule has 1 aromatic carbocycles. The van der Waals surface area contributed by atoms with E-state index in [1.165, 1.54) is 25.3 Å². The molecule has 4 N–H and O–H groups in total. The summed E-state index contributed by atoms with van der Waals surface area (Å²) in [5, 5.41) is 46.1. The number of carbonyl (C=O) groups is 2. The molecule has 5 rings (SSSR count). The number of Topliss-reactive ketones (excluding diaryl/α,β-unsaturated/α-hetero) is 1. The fourth-order valence-corrected chi connectivity index (χ4v) is 5.68. The van der Waals surface area contributed by atoms with Gasteiger partial charge >= 0.3 is 11.6 Å². The first kappa shape index (κ1) is 20.8. The molecule has 10 nitrogen and oxygen atoms in total. The van der Waals surface area contributed by atoms with Crippen LogP contribution in [-0.4, -0.2) is 68.3 Å². The maximum absolute atomic E-state index is 13.5. The van der Waals surface area contributed by atoms with E-state index < -0.39 is 64.6 Å². The SMILES string of the molecule is COc1cc([C@@H]2[C@]3(O)C(O)[C@@H]4C[C@]2(O)[C@@](O)(C(=O)O4)[C@@H]3C(=O)c2ccccc2)oc(=O)c1. The second-order valence-electron chi connectivity index (χ2n) is 8.49. The van der Waals surface area contributed by atoms with Crippen LogP contribution in [0.25, 0.3) is 0 Å². The first-order chi connectivity index (χ1) is 15.1. The molecule has 0 radical (unpaired) electrons. The Hall–Kier alpha value is -3.05. The Morgan fingerprint density at radius 1 is 1.12 bits per heavy atom. The zero-order valence-electron chi connectivity index (χ0n) is 16.8. The fraction of sp³-hybridized carbons (Fsp3) is 0.409. The Morgan fingerprint density at radius 2 is 1.81 bits per heavy atom. The molecule has 32 heavy (non-hydrogen) atoms. The first-order valence-corrected chi connectivity index (χ1v) is 9.93. The fourth-order valence-electron chi connectivity index (χ4n) is 5.68. The lowest BCUT2D eigenvalue weighted by Crippen LogP contribution is -2.69. The number of ether oxygens (including phenoxy) is 2. The third kappa shape index (κ3) is 2.29. The number of ketones is 1. The maximum Gasteiger partial charge on any atom is 0.342 e. The summed E-state index contributed by atoms with van der Waals surface area (Å²) in [5.74, 6) is -6.31. The summed E-state index contributed by atoms with van der Waals surface area (Å²) in [5.41, 5.74) is -8.89. The zero-order chi connectivity index (χ0) is 23.1. The van der Waals surface area contributed by atoms with Crippen molar-refractivity contribution in [1.29, 1.82) is 0 Å². The van der Waals surface area contributed by atoms with Gasteiger partial charge in [-0.25, -0.2) is 9.59 Å². The van der Waals surface area contributed by atoms with Crippen molar-refractivity contribution in [3.05, 3.63) is 64.2 Å². The van der Waals surface area contributed by atoms with Crippen LogP contribution in [0.15, 0.2) is 51.7 Å². The molecule has 2 aliphatic carbocycles. The zero-order valence-corrected chi connectivity index (χ0v) is 16.8. The summed E-state index contributed by atoms with van der Waals surface area (Å²) in [6.45, 7) is 0. The van der Waals surface area contributed by atoms with Gasteiger partial charge in [0.1, 0.15) is 34.9 Å². The van der Waals surface area contributed by atoms with Crippen LogP contribution in [0.2, 0.25) is 0 Å². The van der Waals surface area contributed by atoms with Gasteiger partial charge in [0.25, 0.3) is 0 Å². The molecule has 0 spiro atoms. The summed E-state index contributed by atoms with van der Waals surface area (Å²) >= 11 is 0. The van der Waals surface area contributed by atoms with Gasteiger partial charge in [-0.3, -0.25) is 4.79 Å². The number of methoxy groups -OCH3 is 1. The van der Waals surface area contributed by atoms with Crippen molar-refractivity contribution >= 4 is 11.8 Å². The average molecular weight is 444 g/mol. The number of fused-ring (bicyclic) bond motifs is 2. The van der Waals surface area contributed by atoms with Crippen LogP contribution in [0, 0.1) is 5.92 Å². The van der Waals surface area contributed by atoms with Crippen LogP contribution in [0.4, 0.5) is 0 Å². The normalized spacial score (nSPS) is 39.6. The third-order valence-corrected chi connectivity index (χ3v) is 6.99. The first-order valence-electron chi connectivity index (χ1n) is 9.93. The van der Waals surface area contributed by atoms with Crippen LogP contribution in [0.3, 0.4) is 0 Å². The maximum atomic E-state index is 13.5. The van der Waals surface area contributed by atoms with Crippen LogP contribution in [-0.2, 0) is 9.53 Å². The van der Waals surface area contributed by atoms with E-state index in [-0.39, 0.29) is 17.1 Å². The van der Waals surface area contributed by atoms with E-state index in [0.717, 1.165) is 6.07 Å². The lowest BCUT2D eigenvalue weighted by Gasteiger charge is -2.50. The quantitative estimate of drug-likeness (QED) is 0.344. The summed E-state index contributed by atoms with van der Waals surface area (Å²) in [6.07, 6.45) is -3.76. The molecule has 3 aliphatic rings. The number of benzene rings is 1. The number of rotatable bonds is 4. The van der Waals surface area contributed by atoms with E-state index in [1.807, 2.05) is 0 Å². The predicted octanol–water partition coefficient (Wildman–Crippen LogP) is -0.872. The summed E-state index contributed by atoms with van der Waals surface area (Å²) in [7, 11) is 1.28. The lowest BCUT2D eigenvalue weighted by molar-refractivity contribution is -0.252. The van der Waals surface area contributed by atoms with Crippen molar-refractivity contribution in [1.82, 2.24) is 0 Å². The van der Waals surface area contributed by atoms with Gasteiger partial charge in [0, 0.05) is 18.1 Å². The number of carbonyl (C=O) groups excluding carboxylic acids is 2. The van der Waals surface area contributed by atoms with Gasteiger partial charge in [0.2, 0.25) is 5.60 Å². The monoisotopic (exact) mass is 444 g/mol. The minimum absolute atomic E-state index is 0.0218. The second kappa shape index (κ2) is 6.48. The minimum atomic E-state index is -2.92. The van der Waals surface area contributed by atoms with E-state index in [0.29, 0.717) is 0 Å². The van der Waals surface area contributed by atoms with Crippen molar-refractivity contribution in [2.75, 3.05) is 7.11 Å². The van der Waals surface area contributed by atoms with E-state index in [1.54, 1.807) is 18.2 Å². The van der Waals surface area contributed by atoms with E-state index in [2.05, 4.69) is 0 Å². The molecule has 7 atom stereocenters. The van der Waals surface area contributed by atoms with Crippen molar-refractivity contribution in [2.24, 2.45) is 5.92 Å². The van der Waals surface area contributed by atoms with E-state index in [9.17, 15) is 34.8 Å². The highest BCUT2D eigenvalue weighted by molar-refractivity contribution is 6.05. The largest absolute Gasteiger partial charge is 0.496 e. The standard InChI is InChI=1S/C22H20O10/c1-30-11-7-12(31-14(23)8-11)16-20(27)9-13-18(25)21(16,28)17(22(20,29)19(26)32-13)15(24)10-5-3-2-4-6-10/h2-8,13,16-18,25,27-29H,9H2,1H3/t13-,16-,17+,18?,20+,21+,22-/m0/s1. The highest BCUT2D eigenvalue weighted by Gasteiger charge is 2.88. The van der Waals surface area contributed by atoms with Crippen molar-refractivity contribution in [3.63, 3.8) is 0 Å². The van der Waals surface area contributed by atoms with E-state index >= 15 is 0 Å². The molecule has 1 aliphatic heterocycles.